The third-order valence-electron chi connectivity index (χ3n) is 7.68. The molecule has 0 bridgehead atoms. The Morgan fingerprint density at radius 3 is 2.70 bits per heavy atom. The van der Waals surface area contributed by atoms with Crippen LogP contribution < -0.4 is 15.0 Å². The van der Waals surface area contributed by atoms with E-state index >= 15 is 0 Å². The quantitative estimate of drug-likeness (QED) is 0.439. The number of likely N-dealkylation sites (tertiary alicyclic amines) is 1. The molecule has 4 heterocycles. The number of aryl methyl sites for hydroxylation is 1. The van der Waals surface area contributed by atoms with Gasteiger partial charge in [0.2, 0.25) is 11.8 Å². The van der Waals surface area contributed by atoms with Crippen LogP contribution in [0.5, 0.6) is 11.5 Å². The van der Waals surface area contributed by atoms with Gasteiger partial charge in [0.25, 0.3) is 0 Å². The van der Waals surface area contributed by atoms with Crippen molar-refractivity contribution in [3.63, 3.8) is 0 Å². The number of amides is 4. The van der Waals surface area contributed by atoms with Crippen molar-refractivity contribution in [1.29, 1.82) is 0 Å². The van der Waals surface area contributed by atoms with Crippen molar-refractivity contribution in [2.24, 2.45) is 0 Å². The zero-order chi connectivity index (χ0) is 28.0. The molecule has 3 aliphatic heterocycles. The number of aromatic nitrogens is 1. The highest BCUT2D eigenvalue weighted by molar-refractivity contribution is 8.01. The maximum absolute atomic E-state index is 13.7. The van der Waals surface area contributed by atoms with Crippen LogP contribution in [-0.4, -0.2) is 64.1 Å². The number of hydrogen-bond acceptors (Lipinski definition) is 6. The van der Waals surface area contributed by atoms with Crippen LogP contribution >= 0.6 is 11.8 Å². The van der Waals surface area contributed by atoms with Crippen LogP contribution in [0.2, 0.25) is 0 Å². The van der Waals surface area contributed by atoms with Gasteiger partial charge >= 0.3 is 6.03 Å². The first kappa shape index (κ1) is 25.9. The summed E-state index contributed by atoms with van der Waals surface area (Å²) in [4.78, 5) is 49.0. The number of likely N-dealkylation sites (N-methyl/N-ethyl adjacent to an activating group) is 1. The number of carbonyl (C=O) groups excluding carboxylic acids is 3. The molecule has 1 N–H and O–H groups in total. The molecule has 10 heteroatoms. The summed E-state index contributed by atoms with van der Waals surface area (Å²) in [7, 11) is 1.77. The minimum atomic E-state index is -0.549. The maximum Gasteiger partial charge on any atom is 0.327 e. The molecule has 1 aromatic heterocycles. The first-order chi connectivity index (χ1) is 19.4. The molecule has 1 fully saturated rings. The predicted octanol–water partition coefficient (Wildman–Crippen LogP) is 4.80. The Labute approximate surface area is 236 Å². The molecule has 2 unspecified atom stereocenters. The number of thioether (sulfide) groups is 1. The summed E-state index contributed by atoms with van der Waals surface area (Å²) < 4.78 is 5.97. The van der Waals surface area contributed by atoms with Crippen LogP contribution in [0.25, 0.3) is 0 Å². The number of nitrogens with one attached hydrogen (secondary N) is 1. The Bertz CT molecular complexity index is 1510. The Kier molecular flexibility index (Phi) is 6.71. The highest BCUT2D eigenvalue weighted by Gasteiger charge is 2.48. The Hall–Kier alpha value is -4.31. The SMILES string of the molecule is C=CC(=O)N1CCC(N(C)C(=O)[C@@H]2Sc3nccc4c3C2NC(=O)N4c2ccc(Oc3ccccc3)cc2C)C1. The Morgan fingerprint density at radius 2 is 1.95 bits per heavy atom. The molecule has 3 aliphatic rings. The van der Waals surface area contributed by atoms with Crippen molar-refractivity contribution >= 4 is 41.0 Å². The number of benzene rings is 2. The summed E-state index contributed by atoms with van der Waals surface area (Å²) in [5.41, 5.74) is 3.15. The molecule has 3 atom stereocenters. The number of nitrogens with zero attached hydrogens (tertiary/aromatic N) is 4. The molecule has 0 aliphatic carbocycles. The summed E-state index contributed by atoms with van der Waals surface area (Å²) in [6.07, 6.45) is 3.68. The first-order valence-electron chi connectivity index (χ1n) is 13.1. The molecular formula is C30H29N5O4S. The van der Waals surface area contributed by atoms with Crippen molar-refractivity contribution in [3.05, 3.63) is 84.6 Å². The lowest BCUT2D eigenvalue weighted by Gasteiger charge is -2.36. The zero-order valence-electron chi connectivity index (χ0n) is 22.2. The molecule has 1 saturated heterocycles. The van der Waals surface area contributed by atoms with Crippen LogP contribution in [0.1, 0.15) is 23.6 Å². The lowest BCUT2D eigenvalue weighted by Crippen LogP contribution is -2.51. The molecule has 0 saturated carbocycles. The maximum atomic E-state index is 13.7. The lowest BCUT2D eigenvalue weighted by atomic mass is 9.99. The largest absolute Gasteiger partial charge is 0.457 e. The van der Waals surface area contributed by atoms with E-state index in [1.165, 1.54) is 17.8 Å². The summed E-state index contributed by atoms with van der Waals surface area (Å²) in [5.74, 6) is 1.18. The second kappa shape index (κ2) is 10.3. The van der Waals surface area contributed by atoms with Gasteiger partial charge in [-0.3, -0.25) is 14.5 Å². The number of carbonyl (C=O) groups is 3. The van der Waals surface area contributed by atoms with Gasteiger partial charge in [0, 0.05) is 31.9 Å². The smallest absolute Gasteiger partial charge is 0.327 e. The van der Waals surface area contributed by atoms with Crippen molar-refractivity contribution in [1.82, 2.24) is 20.1 Å². The molecule has 4 amide bonds. The van der Waals surface area contributed by atoms with Crippen molar-refractivity contribution in [3.8, 4) is 11.5 Å². The van der Waals surface area contributed by atoms with Gasteiger partial charge in [-0.15, -0.1) is 0 Å². The fourth-order valence-corrected chi connectivity index (χ4v) is 6.92. The number of urea groups is 1. The second-order valence-corrected chi connectivity index (χ2v) is 11.2. The fraction of sp³-hybridized carbons (Fsp3) is 0.267. The summed E-state index contributed by atoms with van der Waals surface area (Å²) in [6, 6.07) is 16.1. The monoisotopic (exact) mass is 555 g/mol. The van der Waals surface area contributed by atoms with Gasteiger partial charge in [0.15, 0.2) is 0 Å². The van der Waals surface area contributed by atoms with Gasteiger partial charge in [-0.05, 0) is 61.4 Å². The van der Waals surface area contributed by atoms with Gasteiger partial charge in [0.1, 0.15) is 21.8 Å². The summed E-state index contributed by atoms with van der Waals surface area (Å²) in [5, 5.41) is 3.27. The van der Waals surface area contributed by atoms with Crippen molar-refractivity contribution in [2.75, 3.05) is 25.0 Å². The molecule has 9 nitrogen and oxygen atoms in total. The van der Waals surface area contributed by atoms with Crippen molar-refractivity contribution in [2.45, 2.75) is 35.7 Å². The molecule has 3 aromatic rings. The van der Waals surface area contributed by atoms with Crippen molar-refractivity contribution < 1.29 is 19.1 Å². The molecule has 6 rings (SSSR count). The van der Waals surface area contributed by atoms with Crippen LogP contribution in [0, 0.1) is 6.92 Å². The number of ether oxygens (including phenoxy) is 1. The lowest BCUT2D eigenvalue weighted by molar-refractivity contribution is -0.132. The van der Waals surface area contributed by atoms with E-state index in [1.807, 2.05) is 61.5 Å². The van der Waals surface area contributed by atoms with E-state index in [1.54, 1.807) is 27.9 Å². The molecule has 204 valence electrons. The number of pyridine rings is 1. The molecule has 0 radical (unpaired) electrons. The normalized spacial score (nSPS) is 21.1. The molecule has 2 aromatic carbocycles. The van der Waals surface area contributed by atoms with E-state index in [9.17, 15) is 14.4 Å². The molecule has 0 spiro atoms. The zero-order valence-corrected chi connectivity index (χ0v) is 23.1. The van der Waals surface area contributed by atoms with Crippen LogP contribution in [-0.2, 0) is 9.59 Å². The van der Waals surface area contributed by atoms with Crippen LogP contribution in [0.3, 0.4) is 0 Å². The van der Waals surface area contributed by atoms with Gasteiger partial charge in [-0.25, -0.2) is 9.78 Å². The van der Waals surface area contributed by atoms with Crippen LogP contribution in [0.4, 0.5) is 16.2 Å². The van der Waals surface area contributed by atoms with E-state index in [0.29, 0.717) is 30.9 Å². The third-order valence-corrected chi connectivity index (χ3v) is 8.96. The van der Waals surface area contributed by atoms with E-state index in [0.717, 1.165) is 27.6 Å². The predicted molar refractivity (Wildman–Crippen MR) is 153 cm³/mol. The average molecular weight is 556 g/mol. The molecule has 40 heavy (non-hydrogen) atoms. The topological polar surface area (TPSA) is 95.1 Å². The first-order valence-corrected chi connectivity index (χ1v) is 14.0. The number of para-hydroxylation sites is 1. The molecular weight excluding hydrogens is 526 g/mol. The fourth-order valence-electron chi connectivity index (χ4n) is 5.59. The number of anilines is 2. The Balaban J connectivity index is 1.25. The Morgan fingerprint density at radius 1 is 1.15 bits per heavy atom. The van der Waals surface area contributed by atoms with Gasteiger partial charge in [-0.2, -0.15) is 0 Å². The second-order valence-electron chi connectivity index (χ2n) is 10.1. The number of rotatable bonds is 6. The minimum Gasteiger partial charge on any atom is -0.457 e. The summed E-state index contributed by atoms with van der Waals surface area (Å²) >= 11 is 1.38. The number of hydrogen-bond donors (Lipinski definition) is 1. The standard InChI is InChI=1S/C30H29N5O4S/c1-4-24(36)34-15-13-19(17-34)33(3)29(37)27-26-25-23(12-14-31-28(25)40-27)35(30(38)32-26)22-11-10-21(16-18(22)2)39-20-8-6-5-7-9-20/h4-12,14,16,19,26-27H,1,13,15,17H2,2-3H3,(H,32,38)/t19?,26?,27-/m1/s1. The van der Waals surface area contributed by atoms with Gasteiger partial charge in [0.05, 0.1) is 23.5 Å². The van der Waals surface area contributed by atoms with Crippen LogP contribution in [0.15, 0.2) is 78.5 Å². The van der Waals surface area contributed by atoms with Gasteiger partial charge < -0.3 is 19.9 Å². The van der Waals surface area contributed by atoms with E-state index in [4.69, 9.17) is 4.74 Å². The third kappa shape index (κ3) is 4.48. The highest BCUT2D eigenvalue weighted by Crippen LogP contribution is 2.51. The highest BCUT2D eigenvalue weighted by atomic mass is 32.2. The van der Waals surface area contributed by atoms with E-state index < -0.39 is 11.3 Å². The minimum absolute atomic E-state index is 0.0933. The van der Waals surface area contributed by atoms with Gasteiger partial charge in [-0.1, -0.05) is 36.5 Å². The van der Waals surface area contributed by atoms with E-state index in [-0.39, 0.29) is 23.9 Å². The summed E-state index contributed by atoms with van der Waals surface area (Å²) in [6.45, 7) is 6.55. The average Bonchev–Trinajstić information content (AvgIpc) is 3.60. The van der Waals surface area contributed by atoms with E-state index in [2.05, 4.69) is 16.9 Å².